The van der Waals surface area contributed by atoms with Gasteiger partial charge in [0.2, 0.25) is 0 Å². The molecule has 0 aliphatic heterocycles. The molecule has 166 valence electrons. The van der Waals surface area contributed by atoms with Crippen molar-refractivity contribution in [2.45, 2.75) is 77.0 Å². The first-order valence-electron chi connectivity index (χ1n) is 10.7. The molecular formula is C23H35N3O4. The molecule has 0 heterocycles. The summed E-state index contributed by atoms with van der Waals surface area (Å²) in [5.41, 5.74) is 8.87. The van der Waals surface area contributed by atoms with Crippen LogP contribution in [-0.4, -0.2) is 41.5 Å². The number of hydrogen-bond donors (Lipinski definition) is 2. The van der Waals surface area contributed by atoms with E-state index in [4.69, 9.17) is 5.53 Å². The number of hydrogen-bond acceptors (Lipinski definition) is 5. The minimum absolute atomic E-state index is 0.0000660. The van der Waals surface area contributed by atoms with Crippen molar-refractivity contribution in [1.82, 2.24) is 0 Å². The quantitative estimate of drug-likeness (QED) is 0.0991. The lowest BCUT2D eigenvalue weighted by Crippen LogP contribution is -2.21. The third-order valence-corrected chi connectivity index (χ3v) is 5.51. The van der Waals surface area contributed by atoms with Gasteiger partial charge in [-0.05, 0) is 43.1 Å². The van der Waals surface area contributed by atoms with Gasteiger partial charge in [-0.15, -0.1) is 11.8 Å². The topological polar surface area (TPSA) is 116 Å². The second-order valence-electron chi connectivity index (χ2n) is 7.76. The van der Waals surface area contributed by atoms with Crippen molar-refractivity contribution in [3.8, 4) is 11.8 Å². The first kappa shape index (κ1) is 25.8. The van der Waals surface area contributed by atoms with Crippen LogP contribution < -0.4 is 0 Å². The molecule has 6 atom stereocenters. The highest BCUT2D eigenvalue weighted by molar-refractivity contribution is 5.69. The van der Waals surface area contributed by atoms with Crippen molar-refractivity contribution in [2.75, 3.05) is 7.11 Å². The van der Waals surface area contributed by atoms with Crippen LogP contribution >= 0.6 is 0 Å². The fraction of sp³-hybridized carbons (Fsp3) is 0.696. The summed E-state index contributed by atoms with van der Waals surface area (Å²) < 4.78 is 4.62. The highest BCUT2D eigenvalue weighted by Crippen LogP contribution is 2.38. The lowest BCUT2D eigenvalue weighted by molar-refractivity contribution is -0.140. The summed E-state index contributed by atoms with van der Waals surface area (Å²) in [6, 6.07) is -0.288. The maximum atomic E-state index is 11.1. The Morgan fingerprint density at radius 1 is 1.40 bits per heavy atom. The number of carbonyl (C=O) groups excluding carboxylic acids is 1. The van der Waals surface area contributed by atoms with Crippen molar-refractivity contribution in [1.29, 1.82) is 0 Å². The molecule has 0 amide bonds. The molecular weight excluding hydrogens is 382 g/mol. The second kappa shape index (κ2) is 14.7. The van der Waals surface area contributed by atoms with E-state index >= 15 is 0 Å². The highest BCUT2D eigenvalue weighted by atomic mass is 16.5. The zero-order valence-corrected chi connectivity index (χ0v) is 18.3. The van der Waals surface area contributed by atoms with E-state index in [1.54, 1.807) is 6.08 Å². The number of aliphatic hydroxyl groups is 2. The van der Waals surface area contributed by atoms with E-state index in [2.05, 4.69) is 26.6 Å². The van der Waals surface area contributed by atoms with Crippen molar-refractivity contribution < 1.29 is 19.7 Å². The number of allylic oxidation sites excluding steroid dienone is 2. The maximum Gasteiger partial charge on any atom is 0.305 e. The Balaban J connectivity index is 2.71. The van der Waals surface area contributed by atoms with E-state index in [-0.39, 0.29) is 29.8 Å². The molecule has 0 spiro atoms. The Bertz CT molecular complexity index is 688. The van der Waals surface area contributed by atoms with E-state index in [0.717, 1.165) is 12.8 Å². The Hall–Kier alpha value is -2.26. The normalized spacial score (nSPS) is 25.5. The molecule has 7 heteroatoms. The van der Waals surface area contributed by atoms with E-state index in [0.29, 0.717) is 32.1 Å². The van der Waals surface area contributed by atoms with E-state index in [1.807, 2.05) is 32.1 Å². The number of methoxy groups -OCH3 is 1. The minimum atomic E-state index is -0.642. The standard InChI is InChI=1S/C23H35N3O4/c1-4-5-8-11-17(2)21(27)15-14-19-18(20(25-26-24)16-22(19)28)12-9-6-7-10-13-23(29)30-3/h6,9,14-15,17-22,27-28H,4,7,10-13,16H2,1-3H3/b9-6-,15-14+/t17?,18-,19-,20+,21-,22-/m1/s1. The smallest absolute Gasteiger partial charge is 0.305 e. The summed E-state index contributed by atoms with van der Waals surface area (Å²) in [7, 11) is 1.38. The highest BCUT2D eigenvalue weighted by Gasteiger charge is 2.40. The maximum absolute atomic E-state index is 11.1. The number of azide groups is 1. The third-order valence-electron chi connectivity index (χ3n) is 5.51. The van der Waals surface area contributed by atoms with E-state index < -0.39 is 12.2 Å². The van der Waals surface area contributed by atoms with Crippen LogP contribution in [0.15, 0.2) is 29.4 Å². The molecule has 0 aromatic rings. The zero-order valence-electron chi connectivity index (χ0n) is 18.3. The summed E-state index contributed by atoms with van der Waals surface area (Å²) in [6.45, 7) is 3.94. The Kier molecular flexibility index (Phi) is 12.6. The molecule has 2 N–H and O–H groups in total. The summed E-state index contributed by atoms with van der Waals surface area (Å²) in [5, 5.41) is 24.8. The molecule has 1 unspecified atom stereocenters. The van der Waals surface area contributed by atoms with Gasteiger partial charge in [-0.2, -0.15) is 0 Å². The lowest BCUT2D eigenvalue weighted by Gasteiger charge is -2.21. The van der Waals surface area contributed by atoms with Gasteiger partial charge >= 0.3 is 5.97 Å². The predicted molar refractivity (Wildman–Crippen MR) is 117 cm³/mol. The molecule has 1 fully saturated rings. The summed E-state index contributed by atoms with van der Waals surface area (Å²) in [4.78, 5) is 14.1. The van der Waals surface area contributed by atoms with Crippen LogP contribution in [0.2, 0.25) is 0 Å². The van der Waals surface area contributed by atoms with Crippen molar-refractivity contribution in [3.63, 3.8) is 0 Å². The predicted octanol–water partition coefficient (Wildman–Crippen LogP) is 4.31. The van der Waals surface area contributed by atoms with Gasteiger partial charge in [0.1, 0.15) is 0 Å². The molecule has 0 bridgehead atoms. The van der Waals surface area contributed by atoms with Crippen molar-refractivity contribution in [3.05, 3.63) is 34.7 Å². The van der Waals surface area contributed by atoms with E-state index in [9.17, 15) is 15.0 Å². The minimum Gasteiger partial charge on any atom is -0.469 e. The number of rotatable bonds is 11. The van der Waals surface area contributed by atoms with Crippen molar-refractivity contribution in [2.24, 2.45) is 22.9 Å². The van der Waals surface area contributed by atoms with Gasteiger partial charge in [-0.1, -0.05) is 43.3 Å². The number of unbranched alkanes of at least 4 members (excludes halogenated alkanes) is 1. The van der Waals surface area contributed by atoms with Gasteiger partial charge in [0.25, 0.3) is 0 Å². The van der Waals surface area contributed by atoms with Crippen LogP contribution in [0.4, 0.5) is 0 Å². The summed E-state index contributed by atoms with van der Waals surface area (Å²) >= 11 is 0. The number of nitrogens with zero attached hydrogens (tertiary/aromatic N) is 3. The van der Waals surface area contributed by atoms with Crippen LogP contribution in [0.5, 0.6) is 0 Å². The molecule has 0 radical (unpaired) electrons. The number of esters is 1. The van der Waals surface area contributed by atoms with Crippen LogP contribution in [-0.2, 0) is 9.53 Å². The third kappa shape index (κ3) is 9.04. The molecule has 30 heavy (non-hydrogen) atoms. The van der Waals surface area contributed by atoms with Gasteiger partial charge in [-0.25, -0.2) is 0 Å². The number of aliphatic hydroxyl groups excluding tert-OH is 2. The zero-order chi connectivity index (χ0) is 22.4. The molecule has 1 aliphatic carbocycles. The molecule has 7 nitrogen and oxygen atoms in total. The molecule has 0 saturated heterocycles. The first-order valence-corrected chi connectivity index (χ1v) is 10.7. The second-order valence-corrected chi connectivity index (χ2v) is 7.76. The largest absolute Gasteiger partial charge is 0.469 e. The van der Waals surface area contributed by atoms with Gasteiger partial charge in [-0.3, -0.25) is 4.79 Å². The van der Waals surface area contributed by atoms with Crippen LogP contribution in [0.1, 0.15) is 58.8 Å². The first-order chi connectivity index (χ1) is 14.4. The van der Waals surface area contributed by atoms with Crippen LogP contribution in [0, 0.1) is 29.6 Å². The lowest BCUT2D eigenvalue weighted by atomic mass is 9.88. The van der Waals surface area contributed by atoms with Gasteiger partial charge in [0, 0.05) is 36.1 Å². The average molecular weight is 418 g/mol. The van der Waals surface area contributed by atoms with Gasteiger partial charge < -0.3 is 14.9 Å². The average Bonchev–Trinajstić information content (AvgIpc) is 3.02. The van der Waals surface area contributed by atoms with Gasteiger partial charge in [0.05, 0.1) is 19.3 Å². The molecule has 1 aliphatic rings. The Labute approximate surface area is 179 Å². The molecule has 0 aromatic heterocycles. The van der Waals surface area contributed by atoms with E-state index in [1.165, 1.54) is 7.11 Å². The summed E-state index contributed by atoms with van der Waals surface area (Å²) in [6.07, 6.45) is 10.7. The SMILES string of the molecule is CCC#CCC(C)[C@H](O)/C=C/[C@@H]1[C@@H](C/C=C\CCCC(=O)OC)[C@@H](N=[N+]=[N-])C[C@H]1O. The number of carbonyl (C=O) groups is 1. The summed E-state index contributed by atoms with van der Waals surface area (Å²) in [5.74, 6) is 5.62. The number of ether oxygens (including phenoxy) is 1. The fourth-order valence-electron chi connectivity index (χ4n) is 3.65. The Morgan fingerprint density at radius 2 is 2.17 bits per heavy atom. The van der Waals surface area contributed by atoms with Gasteiger partial charge in [0.15, 0.2) is 0 Å². The van der Waals surface area contributed by atoms with Crippen molar-refractivity contribution >= 4 is 5.97 Å². The Morgan fingerprint density at radius 3 is 2.83 bits per heavy atom. The monoisotopic (exact) mass is 417 g/mol. The molecule has 0 aromatic carbocycles. The fourth-order valence-corrected chi connectivity index (χ4v) is 3.65. The molecule has 1 saturated carbocycles. The molecule has 1 rings (SSSR count). The van der Waals surface area contributed by atoms with Crippen LogP contribution in [0.3, 0.4) is 0 Å². The van der Waals surface area contributed by atoms with Crippen LogP contribution in [0.25, 0.3) is 10.4 Å².